The molecule has 4 rings (SSSR count). The normalized spacial score (nSPS) is 20.2. The van der Waals surface area contributed by atoms with Crippen molar-refractivity contribution >= 4 is 22.9 Å². The summed E-state index contributed by atoms with van der Waals surface area (Å²) >= 11 is 0. The molecule has 3 nitrogen and oxygen atoms in total. The first-order valence-electron chi connectivity index (χ1n) is 12.6. The molecule has 180 valence electrons. The lowest BCUT2D eigenvalue weighted by Crippen LogP contribution is -2.30. The summed E-state index contributed by atoms with van der Waals surface area (Å²) in [6.07, 6.45) is 6.57. The number of benzene rings is 2. The van der Waals surface area contributed by atoms with Crippen molar-refractivity contribution in [2.75, 3.05) is 0 Å². The molecule has 2 aliphatic rings. The van der Waals surface area contributed by atoms with Crippen LogP contribution < -0.4 is 0 Å². The Morgan fingerprint density at radius 1 is 0.971 bits per heavy atom. The molecule has 2 aromatic rings. The van der Waals surface area contributed by atoms with Crippen LogP contribution >= 0.6 is 0 Å². The molecule has 2 aromatic carbocycles. The molecule has 0 radical (unpaired) electrons. The molecule has 0 amide bonds. The van der Waals surface area contributed by atoms with E-state index in [0.717, 1.165) is 6.42 Å². The van der Waals surface area contributed by atoms with Crippen molar-refractivity contribution in [1.82, 2.24) is 0 Å². The van der Waals surface area contributed by atoms with Gasteiger partial charge in [-0.3, -0.25) is 14.4 Å². The van der Waals surface area contributed by atoms with Gasteiger partial charge in [0.25, 0.3) is 0 Å². The Kier molecular flexibility index (Phi) is 7.45. The topological polar surface area (TPSA) is 51.2 Å². The number of hydrogen-bond donors (Lipinski definition) is 0. The highest BCUT2D eigenvalue weighted by Crippen LogP contribution is 2.45. The Hall–Kier alpha value is -3.33. The minimum atomic E-state index is -0.306. The maximum absolute atomic E-state index is 13.3. The second kappa shape index (κ2) is 10.5. The van der Waals surface area contributed by atoms with E-state index in [2.05, 4.69) is 68.5 Å². The van der Waals surface area contributed by atoms with Gasteiger partial charge in [-0.1, -0.05) is 85.2 Å². The molecule has 0 saturated carbocycles. The molecule has 0 fully saturated rings. The van der Waals surface area contributed by atoms with Crippen molar-refractivity contribution in [2.45, 2.75) is 65.7 Å². The lowest BCUT2D eigenvalue weighted by molar-refractivity contribution is -0.129. The third-order valence-electron chi connectivity index (χ3n) is 7.42. The minimum Gasteiger partial charge on any atom is -0.299 e. The van der Waals surface area contributed by atoms with Crippen LogP contribution in [0.25, 0.3) is 5.57 Å². The fourth-order valence-electron chi connectivity index (χ4n) is 5.66. The Labute approximate surface area is 208 Å². The number of aryl methyl sites for hydroxylation is 2. The summed E-state index contributed by atoms with van der Waals surface area (Å²) in [5, 5.41) is 0. The molecule has 0 bridgehead atoms. The molecule has 35 heavy (non-hydrogen) atoms. The highest BCUT2D eigenvalue weighted by molar-refractivity contribution is 6.27. The molecule has 0 aromatic heterocycles. The second-order valence-corrected chi connectivity index (χ2v) is 9.91. The van der Waals surface area contributed by atoms with E-state index in [1.807, 2.05) is 13.0 Å². The standard InChI is InChI=1S/C32H34O3/c1-5-9-26-22(4)31(30(35)19-29(26)34)28(33)17-14-24-13-16-27(23-10-7-6-8-11-23)32(24)25-15-12-20(2)18-21(25)3/h6-8,10-13,15-16,18,26,32H,5,9,14,17,19H2,1-4H3. The lowest BCUT2D eigenvalue weighted by Gasteiger charge is -2.25. The fourth-order valence-corrected chi connectivity index (χ4v) is 5.66. The van der Waals surface area contributed by atoms with Crippen LogP contribution in [0, 0.1) is 19.8 Å². The van der Waals surface area contributed by atoms with Crippen LogP contribution in [0.2, 0.25) is 0 Å². The summed E-state index contributed by atoms with van der Waals surface area (Å²) in [6, 6.07) is 16.9. The van der Waals surface area contributed by atoms with Gasteiger partial charge in [0.2, 0.25) is 0 Å². The van der Waals surface area contributed by atoms with Crippen molar-refractivity contribution in [3.8, 4) is 0 Å². The van der Waals surface area contributed by atoms with E-state index in [4.69, 9.17) is 0 Å². The van der Waals surface area contributed by atoms with E-state index < -0.39 is 0 Å². The van der Waals surface area contributed by atoms with Crippen LogP contribution in [0.5, 0.6) is 0 Å². The van der Waals surface area contributed by atoms with E-state index in [1.54, 1.807) is 6.92 Å². The van der Waals surface area contributed by atoms with Gasteiger partial charge in [0.1, 0.15) is 5.78 Å². The average Bonchev–Trinajstić information content (AvgIpc) is 3.24. The summed E-state index contributed by atoms with van der Waals surface area (Å²) in [5.41, 5.74) is 8.26. The van der Waals surface area contributed by atoms with Crippen LogP contribution in [0.15, 0.2) is 77.4 Å². The summed E-state index contributed by atoms with van der Waals surface area (Å²) < 4.78 is 0. The predicted octanol–water partition coefficient (Wildman–Crippen LogP) is 7.03. The first-order chi connectivity index (χ1) is 16.8. The van der Waals surface area contributed by atoms with Gasteiger partial charge >= 0.3 is 0 Å². The van der Waals surface area contributed by atoms with E-state index in [1.165, 1.54) is 33.4 Å². The Morgan fingerprint density at radius 3 is 2.40 bits per heavy atom. The number of carbonyl (C=O) groups excluding carboxylic acids is 3. The van der Waals surface area contributed by atoms with E-state index in [-0.39, 0.29) is 47.6 Å². The van der Waals surface area contributed by atoms with Gasteiger partial charge < -0.3 is 0 Å². The zero-order chi connectivity index (χ0) is 25.1. The predicted molar refractivity (Wildman–Crippen MR) is 141 cm³/mol. The number of allylic oxidation sites excluding steroid dienone is 6. The summed E-state index contributed by atoms with van der Waals surface area (Å²) in [6.45, 7) is 8.06. The molecular weight excluding hydrogens is 432 g/mol. The van der Waals surface area contributed by atoms with Crippen LogP contribution in [0.3, 0.4) is 0 Å². The molecule has 0 saturated heterocycles. The van der Waals surface area contributed by atoms with Crippen LogP contribution in [-0.4, -0.2) is 17.3 Å². The fraction of sp³-hybridized carbons (Fsp3) is 0.344. The molecule has 0 aliphatic heterocycles. The van der Waals surface area contributed by atoms with Crippen LogP contribution in [0.1, 0.15) is 74.1 Å². The maximum atomic E-state index is 13.3. The molecule has 2 atom stereocenters. The molecule has 0 spiro atoms. The van der Waals surface area contributed by atoms with Crippen LogP contribution in [-0.2, 0) is 14.4 Å². The van der Waals surface area contributed by atoms with Gasteiger partial charge in [0.15, 0.2) is 11.6 Å². The van der Waals surface area contributed by atoms with Crippen LogP contribution in [0.4, 0.5) is 0 Å². The Morgan fingerprint density at radius 2 is 1.71 bits per heavy atom. The average molecular weight is 467 g/mol. The van der Waals surface area contributed by atoms with Gasteiger partial charge in [-0.15, -0.1) is 0 Å². The molecular formula is C32H34O3. The number of rotatable bonds is 8. The van der Waals surface area contributed by atoms with Crippen molar-refractivity contribution < 1.29 is 14.4 Å². The van der Waals surface area contributed by atoms with Gasteiger partial charge in [-0.05, 0) is 61.4 Å². The Bertz CT molecular complexity index is 1260. The highest BCUT2D eigenvalue weighted by atomic mass is 16.2. The third kappa shape index (κ3) is 5.05. The highest BCUT2D eigenvalue weighted by Gasteiger charge is 2.35. The van der Waals surface area contributed by atoms with E-state index >= 15 is 0 Å². The number of carbonyl (C=O) groups is 3. The first kappa shape index (κ1) is 24.8. The molecule has 0 heterocycles. The van der Waals surface area contributed by atoms with Crippen molar-refractivity contribution in [3.63, 3.8) is 0 Å². The number of Topliss-reactive ketones (excluding diaryl/α,β-unsaturated/α-hetero) is 3. The molecule has 2 unspecified atom stereocenters. The van der Waals surface area contributed by atoms with Gasteiger partial charge in [-0.2, -0.15) is 0 Å². The summed E-state index contributed by atoms with van der Waals surface area (Å²) in [7, 11) is 0. The molecule has 3 heteroatoms. The lowest BCUT2D eigenvalue weighted by atomic mass is 9.77. The minimum absolute atomic E-state index is 0.0454. The maximum Gasteiger partial charge on any atom is 0.173 e. The van der Waals surface area contributed by atoms with Gasteiger partial charge in [0.05, 0.1) is 12.0 Å². The van der Waals surface area contributed by atoms with E-state index in [0.29, 0.717) is 18.4 Å². The monoisotopic (exact) mass is 466 g/mol. The number of hydrogen-bond acceptors (Lipinski definition) is 3. The number of ketones is 3. The second-order valence-electron chi connectivity index (χ2n) is 9.91. The largest absolute Gasteiger partial charge is 0.299 e. The van der Waals surface area contributed by atoms with Crippen molar-refractivity contribution in [1.29, 1.82) is 0 Å². The van der Waals surface area contributed by atoms with E-state index in [9.17, 15) is 14.4 Å². The quantitative estimate of drug-likeness (QED) is 0.310. The zero-order valence-corrected chi connectivity index (χ0v) is 21.2. The van der Waals surface area contributed by atoms with Crippen molar-refractivity contribution in [3.05, 3.63) is 99.7 Å². The summed E-state index contributed by atoms with van der Waals surface area (Å²) in [5.74, 6) is -0.696. The molecule has 2 aliphatic carbocycles. The third-order valence-corrected chi connectivity index (χ3v) is 7.42. The smallest absolute Gasteiger partial charge is 0.173 e. The zero-order valence-electron chi connectivity index (χ0n) is 21.2. The molecule has 0 N–H and O–H groups in total. The van der Waals surface area contributed by atoms with Gasteiger partial charge in [-0.25, -0.2) is 0 Å². The van der Waals surface area contributed by atoms with Crippen molar-refractivity contribution in [2.24, 2.45) is 5.92 Å². The first-order valence-corrected chi connectivity index (χ1v) is 12.6. The van der Waals surface area contributed by atoms with Gasteiger partial charge in [0, 0.05) is 18.3 Å². The SMILES string of the molecule is CCCC1C(=O)CC(=O)C(C(=O)CCC2=CC=C(c3ccccc3)C2c2ccc(C)cc2C)=C1C. The Balaban J connectivity index is 1.60. The summed E-state index contributed by atoms with van der Waals surface area (Å²) in [4.78, 5) is 38.4.